The van der Waals surface area contributed by atoms with Crippen molar-refractivity contribution in [1.82, 2.24) is 14.5 Å². The number of nitrogens with zero attached hydrogens (tertiary/aromatic N) is 3. The molecule has 0 aliphatic carbocycles. The van der Waals surface area contributed by atoms with E-state index in [1.807, 2.05) is 12.3 Å². The zero-order chi connectivity index (χ0) is 13.7. The predicted octanol–water partition coefficient (Wildman–Crippen LogP) is 3.47. The van der Waals surface area contributed by atoms with Crippen molar-refractivity contribution in [2.75, 3.05) is 5.88 Å². The van der Waals surface area contributed by atoms with Crippen molar-refractivity contribution in [3.05, 3.63) is 22.6 Å². The van der Waals surface area contributed by atoms with Crippen LogP contribution in [-0.2, 0) is 11.2 Å². The number of fused-ring (bicyclic) bond motifs is 3. The van der Waals surface area contributed by atoms with E-state index in [2.05, 4.69) is 25.5 Å². The molecule has 6 heteroatoms. The minimum Gasteiger partial charge on any atom is -0.373 e. The van der Waals surface area contributed by atoms with Gasteiger partial charge in [-0.15, -0.1) is 11.6 Å². The van der Waals surface area contributed by atoms with Crippen molar-refractivity contribution in [2.45, 2.75) is 43.9 Å². The largest absolute Gasteiger partial charge is 0.373 e. The average Bonchev–Trinajstić information content (AvgIpc) is 3.11. The first-order valence-electron chi connectivity index (χ1n) is 7.00. The number of ether oxygens (including phenoxy) is 1. The molecule has 2 saturated heterocycles. The van der Waals surface area contributed by atoms with Crippen LogP contribution in [0.4, 0.5) is 0 Å². The van der Waals surface area contributed by atoms with Crippen molar-refractivity contribution in [2.24, 2.45) is 0 Å². The summed E-state index contributed by atoms with van der Waals surface area (Å²) in [6, 6.07) is 2.38. The summed E-state index contributed by atoms with van der Waals surface area (Å²) in [5.41, 5.74) is 1.89. The van der Waals surface area contributed by atoms with Gasteiger partial charge in [0.25, 0.3) is 0 Å². The third-order valence-electron chi connectivity index (χ3n) is 4.29. The Bertz CT molecular complexity index is 659. The quantitative estimate of drug-likeness (QED) is 0.791. The van der Waals surface area contributed by atoms with Crippen LogP contribution < -0.4 is 0 Å². The molecule has 0 spiro atoms. The number of aryl methyl sites for hydroxylation is 1. The van der Waals surface area contributed by atoms with Crippen LogP contribution in [0.3, 0.4) is 0 Å². The first kappa shape index (κ1) is 13.0. The molecule has 0 radical (unpaired) electrons. The second kappa shape index (κ2) is 4.97. The summed E-state index contributed by atoms with van der Waals surface area (Å²) in [6.07, 6.45) is 6.74. The topological polar surface area (TPSA) is 39.9 Å². The molecule has 0 amide bonds. The second-order valence-corrected chi connectivity index (χ2v) is 6.80. The second-order valence-electron chi connectivity index (χ2n) is 5.51. The van der Waals surface area contributed by atoms with Crippen LogP contribution in [-0.4, -0.2) is 32.6 Å². The van der Waals surface area contributed by atoms with Gasteiger partial charge in [-0.3, -0.25) is 0 Å². The summed E-state index contributed by atoms with van der Waals surface area (Å²) < 4.78 is 9.22. The molecule has 2 aromatic heterocycles. The lowest BCUT2D eigenvalue weighted by atomic mass is 9.95. The maximum atomic E-state index is 6.00. The molecule has 2 aliphatic rings. The summed E-state index contributed by atoms with van der Waals surface area (Å²) in [6.45, 7) is 0. The van der Waals surface area contributed by atoms with Crippen molar-refractivity contribution in [3.8, 4) is 0 Å². The van der Waals surface area contributed by atoms with E-state index in [1.54, 1.807) is 0 Å². The zero-order valence-electron chi connectivity index (χ0n) is 10.9. The highest BCUT2D eigenvalue weighted by molar-refractivity contribution is 9.10. The normalized spacial score (nSPS) is 28.6. The van der Waals surface area contributed by atoms with Gasteiger partial charge in [-0.1, -0.05) is 0 Å². The van der Waals surface area contributed by atoms with Gasteiger partial charge in [0.05, 0.1) is 18.2 Å². The number of pyridine rings is 1. The highest BCUT2D eigenvalue weighted by atomic mass is 79.9. The molecule has 0 saturated carbocycles. The first-order chi connectivity index (χ1) is 9.76. The summed E-state index contributed by atoms with van der Waals surface area (Å²) in [5.74, 6) is 1.60. The van der Waals surface area contributed by atoms with Crippen LogP contribution in [0.2, 0.25) is 0 Å². The van der Waals surface area contributed by atoms with Crippen LogP contribution in [0.5, 0.6) is 0 Å². The minimum absolute atomic E-state index is 0.317. The van der Waals surface area contributed by atoms with Crippen molar-refractivity contribution in [1.29, 1.82) is 0 Å². The zero-order valence-corrected chi connectivity index (χ0v) is 13.3. The van der Waals surface area contributed by atoms with E-state index in [0.29, 0.717) is 24.1 Å². The number of imidazole rings is 1. The smallest absolute Gasteiger partial charge is 0.160 e. The van der Waals surface area contributed by atoms with Crippen LogP contribution >= 0.6 is 27.5 Å². The SMILES string of the molecule is ClCCc1nc2cc(Br)cnc2n1C1CC2CCC1O2. The number of aromatic nitrogens is 3. The fraction of sp³-hybridized carbons (Fsp3) is 0.571. The van der Waals surface area contributed by atoms with Gasteiger partial charge in [-0.2, -0.15) is 0 Å². The Morgan fingerprint density at radius 3 is 3.05 bits per heavy atom. The van der Waals surface area contributed by atoms with Crippen LogP contribution in [0.1, 0.15) is 31.1 Å². The fourth-order valence-corrected chi connectivity index (χ4v) is 3.98. The summed E-state index contributed by atoms with van der Waals surface area (Å²) in [4.78, 5) is 9.29. The lowest BCUT2D eigenvalue weighted by Gasteiger charge is -2.22. The summed E-state index contributed by atoms with van der Waals surface area (Å²) in [7, 11) is 0. The lowest BCUT2D eigenvalue weighted by molar-refractivity contribution is 0.0939. The van der Waals surface area contributed by atoms with Gasteiger partial charge in [0, 0.05) is 23.0 Å². The molecule has 3 atom stereocenters. The molecular weight excluding hydrogens is 342 g/mol. The molecule has 2 aromatic rings. The van der Waals surface area contributed by atoms with Gasteiger partial charge in [-0.05, 0) is 41.3 Å². The number of halogens is 2. The maximum absolute atomic E-state index is 6.00. The van der Waals surface area contributed by atoms with Gasteiger partial charge in [-0.25, -0.2) is 9.97 Å². The maximum Gasteiger partial charge on any atom is 0.160 e. The predicted molar refractivity (Wildman–Crippen MR) is 81.2 cm³/mol. The number of rotatable bonds is 3. The first-order valence-corrected chi connectivity index (χ1v) is 8.33. The van der Waals surface area contributed by atoms with Gasteiger partial charge in [0.1, 0.15) is 11.3 Å². The summed E-state index contributed by atoms with van der Waals surface area (Å²) in [5, 5.41) is 0. The molecule has 2 aliphatic heterocycles. The van der Waals surface area contributed by atoms with E-state index in [0.717, 1.165) is 40.7 Å². The van der Waals surface area contributed by atoms with E-state index in [4.69, 9.17) is 21.3 Å². The number of hydrogen-bond donors (Lipinski definition) is 0. The average molecular weight is 357 g/mol. The molecule has 4 nitrogen and oxygen atoms in total. The minimum atomic E-state index is 0.317. The van der Waals surface area contributed by atoms with Gasteiger partial charge in [0.2, 0.25) is 0 Å². The van der Waals surface area contributed by atoms with E-state index >= 15 is 0 Å². The third-order valence-corrected chi connectivity index (χ3v) is 4.92. The Morgan fingerprint density at radius 2 is 2.35 bits per heavy atom. The van der Waals surface area contributed by atoms with E-state index < -0.39 is 0 Å². The highest BCUT2D eigenvalue weighted by Crippen LogP contribution is 2.43. The van der Waals surface area contributed by atoms with E-state index in [9.17, 15) is 0 Å². The third kappa shape index (κ3) is 1.98. The molecule has 0 aromatic carbocycles. The Labute approximate surface area is 130 Å². The molecule has 4 rings (SSSR count). The van der Waals surface area contributed by atoms with Crippen LogP contribution in [0.15, 0.2) is 16.7 Å². The molecule has 3 unspecified atom stereocenters. The molecule has 106 valence electrons. The van der Waals surface area contributed by atoms with Gasteiger partial charge >= 0.3 is 0 Å². The van der Waals surface area contributed by atoms with E-state index in [-0.39, 0.29) is 0 Å². The Balaban J connectivity index is 1.85. The van der Waals surface area contributed by atoms with Gasteiger partial charge in [0.15, 0.2) is 5.65 Å². The van der Waals surface area contributed by atoms with Crippen molar-refractivity contribution in [3.63, 3.8) is 0 Å². The van der Waals surface area contributed by atoms with E-state index in [1.165, 1.54) is 6.42 Å². The summed E-state index contributed by atoms with van der Waals surface area (Å²) >= 11 is 9.40. The lowest BCUT2D eigenvalue weighted by Crippen LogP contribution is -2.23. The molecule has 2 fully saturated rings. The monoisotopic (exact) mass is 355 g/mol. The molecule has 20 heavy (non-hydrogen) atoms. The van der Waals surface area contributed by atoms with Crippen LogP contribution in [0.25, 0.3) is 11.2 Å². The molecular formula is C14H15BrClN3O. The fourth-order valence-electron chi connectivity index (χ4n) is 3.50. The standard InChI is InChI=1S/C14H15BrClN3O/c15-8-5-10-14(17-7-8)19(13(18-10)3-4-16)11-6-9-1-2-12(11)20-9/h5,7,9,11-12H,1-4,6H2. The Kier molecular flexibility index (Phi) is 3.24. The molecule has 2 bridgehead atoms. The van der Waals surface area contributed by atoms with Crippen LogP contribution in [0, 0.1) is 0 Å². The molecule has 4 heterocycles. The molecule has 0 N–H and O–H groups in total. The number of alkyl halides is 1. The van der Waals surface area contributed by atoms with Gasteiger partial charge < -0.3 is 9.30 Å². The Morgan fingerprint density at radius 1 is 1.45 bits per heavy atom. The highest BCUT2D eigenvalue weighted by Gasteiger charge is 2.43. The Hall–Kier alpha value is -0.650. The van der Waals surface area contributed by atoms with Crippen molar-refractivity contribution >= 4 is 38.7 Å². The number of hydrogen-bond acceptors (Lipinski definition) is 3. The van der Waals surface area contributed by atoms with Crippen molar-refractivity contribution < 1.29 is 4.74 Å².